The van der Waals surface area contributed by atoms with Gasteiger partial charge in [0.1, 0.15) is 17.9 Å². The molecule has 5 nitrogen and oxygen atoms in total. The Morgan fingerprint density at radius 1 is 1.16 bits per heavy atom. The topological polar surface area (TPSA) is 52.0 Å². The molecular formula is C14H20N4O. The van der Waals surface area contributed by atoms with E-state index < -0.39 is 0 Å². The summed E-state index contributed by atoms with van der Waals surface area (Å²) in [6.07, 6.45) is 3.65. The lowest BCUT2D eigenvalue weighted by Crippen LogP contribution is -2.21. The van der Waals surface area contributed by atoms with Crippen LogP contribution >= 0.6 is 0 Å². The van der Waals surface area contributed by atoms with E-state index in [1.165, 1.54) is 5.56 Å². The fourth-order valence-electron chi connectivity index (χ4n) is 1.88. The summed E-state index contributed by atoms with van der Waals surface area (Å²) in [5.74, 6) is 1.91. The van der Waals surface area contributed by atoms with Gasteiger partial charge in [-0.3, -0.25) is 0 Å². The second kappa shape index (κ2) is 6.89. The molecule has 1 N–H and O–H groups in total. The molecule has 102 valence electrons. The van der Waals surface area contributed by atoms with Gasteiger partial charge in [-0.15, -0.1) is 10.2 Å². The number of nitrogens with zero attached hydrogens (tertiary/aromatic N) is 3. The Balaban J connectivity index is 1.65. The second-order valence-electron chi connectivity index (χ2n) is 4.46. The maximum absolute atomic E-state index is 5.13. The summed E-state index contributed by atoms with van der Waals surface area (Å²) in [7, 11) is 3.65. The average molecular weight is 260 g/mol. The summed E-state index contributed by atoms with van der Waals surface area (Å²) in [6, 6.07) is 8.19. The van der Waals surface area contributed by atoms with Crippen molar-refractivity contribution >= 4 is 0 Å². The van der Waals surface area contributed by atoms with Crippen LogP contribution in [0.2, 0.25) is 0 Å². The van der Waals surface area contributed by atoms with E-state index >= 15 is 0 Å². The van der Waals surface area contributed by atoms with Gasteiger partial charge in [0.2, 0.25) is 0 Å². The van der Waals surface area contributed by atoms with Crippen molar-refractivity contribution in [3.8, 4) is 5.75 Å². The van der Waals surface area contributed by atoms with Crippen LogP contribution in [-0.4, -0.2) is 35.0 Å². The molecule has 0 aliphatic heterocycles. The maximum Gasteiger partial charge on any atom is 0.133 e. The van der Waals surface area contributed by atoms with Gasteiger partial charge in [-0.1, -0.05) is 12.1 Å². The van der Waals surface area contributed by atoms with Crippen LogP contribution in [0, 0.1) is 0 Å². The van der Waals surface area contributed by atoms with Gasteiger partial charge in [0.15, 0.2) is 0 Å². The largest absolute Gasteiger partial charge is 0.497 e. The molecule has 0 spiro atoms. The molecule has 19 heavy (non-hydrogen) atoms. The number of aromatic nitrogens is 3. The van der Waals surface area contributed by atoms with Gasteiger partial charge in [0.25, 0.3) is 0 Å². The predicted octanol–water partition coefficient (Wildman–Crippen LogP) is 1.20. The number of hydrogen-bond acceptors (Lipinski definition) is 4. The van der Waals surface area contributed by atoms with Crippen molar-refractivity contribution in [2.45, 2.75) is 12.8 Å². The van der Waals surface area contributed by atoms with E-state index in [2.05, 4.69) is 27.6 Å². The van der Waals surface area contributed by atoms with Crippen molar-refractivity contribution in [2.75, 3.05) is 20.2 Å². The van der Waals surface area contributed by atoms with Crippen molar-refractivity contribution in [3.05, 3.63) is 42.0 Å². The van der Waals surface area contributed by atoms with Crippen molar-refractivity contribution in [2.24, 2.45) is 7.05 Å². The Kier molecular flexibility index (Phi) is 4.92. The number of ether oxygens (including phenoxy) is 1. The van der Waals surface area contributed by atoms with Crippen LogP contribution in [0.1, 0.15) is 11.4 Å². The van der Waals surface area contributed by atoms with Crippen molar-refractivity contribution in [1.82, 2.24) is 20.1 Å². The van der Waals surface area contributed by atoms with Crippen LogP contribution in [0.15, 0.2) is 30.6 Å². The number of hydrogen-bond donors (Lipinski definition) is 1. The molecule has 0 amide bonds. The lowest BCUT2D eigenvalue weighted by atomic mass is 10.1. The van der Waals surface area contributed by atoms with E-state index in [0.29, 0.717) is 0 Å². The first-order valence-corrected chi connectivity index (χ1v) is 6.46. The van der Waals surface area contributed by atoms with Crippen LogP contribution in [0.3, 0.4) is 0 Å². The molecule has 1 heterocycles. The minimum absolute atomic E-state index is 0.902. The normalized spacial score (nSPS) is 10.6. The second-order valence-corrected chi connectivity index (χ2v) is 4.46. The molecule has 0 saturated carbocycles. The molecule has 1 aromatic carbocycles. The summed E-state index contributed by atoms with van der Waals surface area (Å²) < 4.78 is 7.08. The molecule has 2 rings (SSSR count). The Hall–Kier alpha value is -1.88. The number of methoxy groups -OCH3 is 1. The maximum atomic E-state index is 5.13. The Bertz CT molecular complexity index is 492. The summed E-state index contributed by atoms with van der Waals surface area (Å²) in [5, 5.41) is 11.3. The van der Waals surface area contributed by atoms with Crippen LogP contribution in [-0.2, 0) is 19.9 Å². The third kappa shape index (κ3) is 4.06. The lowest BCUT2D eigenvalue weighted by molar-refractivity contribution is 0.414. The molecule has 0 unspecified atom stereocenters. The van der Waals surface area contributed by atoms with Crippen molar-refractivity contribution in [3.63, 3.8) is 0 Å². The zero-order valence-corrected chi connectivity index (χ0v) is 11.5. The van der Waals surface area contributed by atoms with Crippen molar-refractivity contribution in [1.29, 1.82) is 0 Å². The number of nitrogens with one attached hydrogen (secondary N) is 1. The monoisotopic (exact) mass is 260 g/mol. The van der Waals surface area contributed by atoms with E-state index in [4.69, 9.17) is 4.74 Å². The molecule has 2 aromatic rings. The first kappa shape index (κ1) is 13.5. The zero-order chi connectivity index (χ0) is 13.5. The van der Waals surface area contributed by atoms with Gasteiger partial charge in [0.05, 0.1) is 7.11 Å². The summed E-state index contributed by atoms with van der Waals surface area (Å²) >= 11 is 0. The highest BCUT2D eigenvalue weighted by Crippen LogP contribution is 2.11. The van der Waals surface area contributed by atoms with Gasteiger partial charge in [-0.05, 0) is 30.7 Å². The van der Waals surface area contributed by atoms with Gasteiger partial charge in [-0.25, -0.2) is 0 Å². The highest BCUT2D eigenvalue weighted by Gasteiger charge is 1.99. The SMILES string of the molecule is COc1ccc(CCNCCc2nncn2C)cc1. The molecule has 1 aromatic heterocycles. The Morgan fingerprint density at radius 3 is 2.53 bits per heavy atom. The molecule has 0 radical (unpaired) electrons. The third-order valence-electron chi connectivity index (χ3n) is 3.08. The van der Waals surface area contributed by atoms with Crippen LogP contribution in [0.5, 0.6) is 5.75 Å². The number of aryl methyl sites for hydroxylation is 1. The Morgan fingerprint density at radius 2 is 1.89 bits per heavy atom. The molecule has 0 bridgehead atoms. The van der Waals surface area contributed by atoms with E-state index in [9.17, 15) is 0 Å². The van der Waals surface area contributed by atoms with Gasteiger partial charge < -0.3 is 14.6 Å². The van der Waals surface area contributed by atoms with Crippen LogP contribution in [0.4, 0.5) is 0 Å². The van der Waals surface area contributed by atoms with Crippen LogP contribution in [0.25, 0.3) is 0 Å². The minimum atomic E-state index is 0.902. The van der Waals surface area contributed by atoms with E-state index in [1.807, 2.05) is 23.7 Å². The molecule has 0 saturated heterocycles. The quantitative estimate of drug-likeness (QED) is 0.760. The Labute approximate surface area is 113 Å². The molecule has 5 heteroatoms. The van der Waals surface area contributed by atoms with Gasteiger partial charge in [0, 0.05) is 20.0 Å². The predicted molar refractivity (Wildman–Crippen MR) is 74.3 cm³/mol. The van der Waals surface area contributed by atoms with Gasteiger partial charge in [-0.2, -0.15) is 0 Å². The minimum Gasteiger partial charge on any atom is -0.497 e. The third-order valence-corrected chi connectivity index (χ3v) is 3.08. The number of benzene rings is 1. The summed E-state index contributed by atoms with van der Waals surface area (Å²) in [6.45, 7) is 1.88. The zero-order valence-electron chi connectivity index (χ0n) is 11.5. The lowest BCUT2D eigenvalue weighted by Gasteiger charge is -2.05. The van der Waals surface area contributed by atoms with Crippen molar-refractivity contribution < 1.29 is 4.74 Å². The molecule has 0 aliphatic rings. The highest BCUT2D eigenvalue weighted by atomic mass is 16.5. The standard InChI is InChI=1S/C14H20N4O/c1-18-11-16-17-14(18)8-10-15-9-7-12-3-5-13(19-2)6-4-12/h3-6,11,15H,7-10H2,1-2H3. The van der Waals surface area contributed by atoms with Crippen LogP contribution < -0.4 is 10.1 Å². The van der Waals surface area contributed by atoms with E-state index in [-0.39, 0.29) is 0 Å². The first-order valence-electron chi connectivity index (χ1n) is 6.46. The molecule has 0 atom stereocenters. The van der Waals surface area contributed by atoms with Gasteiger partial charge >= 0.3 is 0 Å². The molecule has 0 aliphatic carbocycles. The summed E-state index contributed by atoms with van der Waals surface area (Å²) in [4.78, 5) is 0. The van der Waals surface area contributed by atoms with E-state index in [0.717, 1.165) is 37.5 Å². The fraction of sp³-hybridized carbons (Fsp3) is 0.429. The highest BCUT2D eigenvalue weighted by molar-refractivity contribution is 5.27. The number of rotatable bonds is 7. The first-order chi connectivity index (χ1) is 9.29. The summed E-state index contributed by atoms with van der Waals surface area (Å²) in [5.41, 5.74) is 1.31. The van der Waals surface area contributed by atoms with E-state index in [1.54, 1.807) is 13.4 Å². The molecular weight excluding hydrogens is 240 g/mol. The smallest absolute Gasteiger partial charge is 0.133 e. The fourth-order valence-corrected chi connectivity index (χ4v) is 1.88. The average Bonchev–Trinajstić information content (AvgIpc) is 2.85. The molecule has 0 fully saturated rings.